The van der Waals surface area contributed by atoms with Crippen LogP contribution in [0.1, 0.15) is 104 Å². The molecule has 0 saturated carbocycles. The van der Waals surface area contributed by atoms with Crippen molar-refractivity contribution >= 4 is 5.91 Å². The molecule has 0 aromatic rings. The van der Waals surface area contributed by atoms with Gasteiger partial charge < -0.3 is 65.1 Å². The fourth-order valence-electron chi connectivity index (χ4n) is 5.95. The van der Waals surface area contributed by atoms with E-state index in [1.807, 2.05) is 13.0 Å². The van der Waals surface area contributed by atoms with E-state index in [0.29, 0.717) is 12.8 Å². The molecular formula is C36H65NO13. The highest BCUT2D eigenvalue weighted by molar-refractivity contribution is 5.76. The average Bonchev–Trinajstić information content (AvgIpc) is 3.11. The zero-order valence-electron chi connectivity index (χ0n) is 29.9. The highest BCUT2D eigenvalue weighted by Crippen LogP contribution is 2.29. The molecule has 292 valence electrons. The first kappa shape index (κ1) is 44.6. The Morgan fingerprint density at radius 3 is 1.96 bits per heavy atom. The molecule has 14 nitrogen and oxygen atoms in total. The molecule has 2 aliphatic rings. The van der Waals surface area contributed by atoms with Crippen molar-refractivity contribution in [2.75, 3.05) is 19.8 Å². The maximum atomic E-state index is 12.7. The van der Waals surface area contributed by atoms with Crippen LogP contribution < -0.4 is 5.32 Å². The Morgan fingerprint density at radius 1 is 0.700 bits per heavy atom. The van der Waals surface area contributed by atoms with E-state index in [9.17, 15) is 45.6 Å². The standard InChI is InChI=1S/C36H65NO13/c1-3-5-7-8-9-10-11-12-13-14-15-16-18-19-25(40)24(37-28(41)20-17-6-4-2)23-47-35-33(46)31(44)34(27(22-39)49-35)50-36-32(45)30(43)29(42)26(21-38)48-36/h13-14,18-19,24-27,29-36,38-40,42-46H,3-12,15-17,20-23H2,1-2H3,(H,37,41)/b14-13+,19-18+. The molecule has 2 fully saturated rings. The van der Waals surface area contributed by atoms with Gasteiger partial charge in [0, 0.05) is 6.42 Å². The van der Waals surface area contributed by atoms with Gasteiger partial charge in [0.05, 0.1) is 32.0 Å². The van der Waals surface area contributed by atoms with E-state index in [2.05, 4.69) is 24.4 Å². The van der Waals surface area contributed by atoms with Crippen LogP contribution in [0.4, 0.5) is 0 Å². The van der Waals surface area contributed by atoms with Crippen molar-refractivity contribution in [3.05, 3.63) is 24.3 Å². The number of allylic oxidation sites excluding steroid dienone is 3. The van der Waals surface area contributed by atoms with Gasteiger partial charge in [0.2, 0.25) is 5.91 Å². The Hall–Kier alpha value is -1.53. The van der Waals surface area contributed by atoms with E-state index in [-0.39, 0.29) is 18.9 Å². The number of carbonyl (C=O) groups excluding carboxylic acids is 1. The molecule has 2 heterocycles. The first-order chi connectivity index (χ1) is 24.1. The number of amides is 1. The van der Waals surface area contributed by atoms with Crippen LogP contribution >= 0.6 is 0 Å². The minimum Gasteiger partial charge on any atom is -0.394 e. The summed E-state index contributed by atoms with van der Waals surface area (Å²) in [6, 6.07) is -0.920. The molecule has 12 unspecified atom stereocenters. The molecule has 12 atom stereocenters. The van der Waals surface area contributed by atoms with Gasteiger partial charge >= 0.3 is 0 Å². The molecule has 0 aromatic heterocycles. The summed E-state index contributed by atoms with van der Waals surface area (Å²) in [5.41, 5.74) is 0. The van der Waals surface area contributed by atoms with Crippen LogP contribution in [0.2, 0.25) is 0 Å². The maximum Gasteiger partial charge on any atom is 0.220 e. The molecule has 2 rings (SSSR count). The Balaban J connectivity index is 1.94. The zero-order valence-corrected chi connectivity index (χ0v) is 29.9. The third kappa shape index (κ3) is 15.2. The second-order valence-electron chi connectivity index (χ2n) is 13.3. The summed E-state index contributed by atoms with van der Waals surface area (Å²) in [5.74, 6) is -0.279. The second kappa shape index (κ2) is 25.4. The van der Waals surface area contributed by atoms with Crippen molar-refractivity contribution in [3.63, 3.8) is 0 Å². The SMILES string of the molecule is CCCCCCCCC/C=C/CC/C=C/C(O)C(COC1OC(CO)C(OC2OC(CO)C(O)C(O)C2O)C(O)C1O)NC(=O)CCCCC. The molecule has 0 spiro atoms. The molecule has 0 bridgehead atoms. The number of ether oxygens (including phenoxy) is 4. The lowest BCUT2D eigenvalue weighted by atomic mass is 9.97. The van der Waals surface area contributed by atoms with Gasteiger partial charge in [0.15, 0.2) is 12.6 Å². The number of aliphatic hydroxyl groups excluding tert-OH is 8. The van der Waals surface area contributed by atoms with Gasteiger partial charge in [-0.05, 0) is 32.1 Å². The number of nitrogens with one attached hydrogen (secondary N) is 1. The van der Waals surface area contributed by atoms with Crippen molar-refractivity contribution in [1.29, 1.82) is 0 Å². The van der Waals surface area contributed by atoms with E-state index < -0.39 is 86.8 Å². The quantitative estimate of drug-likeness (QED) is 0.0476. The van der Waals surface area contributed by atoms with Crippen LogP contribution in [0, 0.1) is 0 Å². The summed E-state index contributed by atoms with van der Waals surface area (Å²) in [6.07, 6.45) is 4.89. The fourth-order valence-corrected chi connectivity index (χ4v) is 5.95. The third-order valence-corrected chi connectivity index (χ3v) is 9.14. The van der Waals surface area contributed by atoms with Crippen molar-refractivity contribution in [2.24, 2.45) is 0 Å². The van der Waals surface area contributed by atoms with Crippen LogP contribution in [0.15, 0.2) is 24.3 Å². The van der Waals surface area contributed by atoms with Gasteiger partial charge in [0.25, 0.3) is 0 Å². The van der Waals surface area contributed by atoms with E-state index >= 15 is 0 Å². The van der Waals surface area contributed by atoms with Crippen LogP contribution in [-0.2, 0) is 23.7 Å². The smallest absolute Gasteiger partial charge is 0.220 e. The van der Waals surface area contributed by atoms with E-state index in [0.717, 1.165) is 25.7 Å². The number of hydrogen-bond donors (Lipinski definition) is 9. The monoisotopic (exact) mass is 719 g/mol. The first-order valence-corrected chi connectivity index (χ1v) is 18.6. The van der Waals surface area contributed by atoms with Crippen molar-refractivity contribution in [2.45, 2.75) is 177 Å². The summed E-state index contributed by atoms with van der Waals surface area (Å²) < 4.78 is 22.3. The Morgan fingerprint density at radius 2 is 1.28 bits per heavy atom. The molecule has 14 heteroatoms. The van der Waals surface area contributed by atoms with E-state index in [4.69, 9.17) is 18.9 Å². The van der Waals surface area contributed by atoms with Crippen LogP contribution in [0.5, 0.6) is 0 Å². The number of aliphatic hydroxyl groups is 8. The summed E-state index contributed by atoms with van der Waals surface area (Å²) in [6.45, 7) is 2.51. The number of hydrogen-bond acceptors (Lipinski definition) is 13. The molecule has 1 amide bonds. The largest absolute Gasteiger partial charge is 0.394 e. The minimum absolute atomic E-state index is 0.259. The molecule has 0 aromatic carbocycles. The Bertz CT molecular complexity index is 951. The Kier molecular flexibility index (Phi) is 22.7. The second-order valence-corrected chi connectivity index (χ2v) is 13.3. The first-order valence-electron chi connectivity index (χ1n) is 18.6. The summed E-state index contributed by atoms with van der Waals surface area (Å²) in [4.78, 5) is 12.7. The van der Waals surface area contributed by atoms with E-state index in [1.54, 1.807) is 6.08 Å². The number of rotatable bonds is 25. The molecule has 2 aliphatic heterocycles. The highest BCUT2D eigenvalue weighted by Gasteiger charge is 2.50. The molecule has 0 aliphatic carbocycles. The normalized spacial score (nSPS) is 31.7. The topological polar surface area (TPSA) is 228 Å². The van der Waals surface area contributed by atoms with Gasteiger partial charge in [0.1, 0.15) is 48.8 Å². The Labute approximate surface area is 297 Å². The third-order valence-electron chi connectivity index (χ3n) is 9.14. The van der Waals surface area contributed by atoms with Gasteiger partial charge in [-0.15, -0.1) is 0 Å². The predicted molar refractivity (Wildman–Crippen MR) is 185 cm³/mol. The van der Waals surface area contributed by atoms with Gasteiger partial charge in [-0.3, -0.25) is 4.79 Å². The van der Waals surface area contributed by atoms with Crippen LogP contribution in [-0.4, -0.2) is 140 Å². The lowest BCUT2D eigenvalue weighted by Crippen LogP contribution is -2.65. The molecule has 0 radical (unpaired) electrons. The summed E-state index contributed by atoms with van der Waals surface area (Å²) >= 11 is 0. The molecule has 2 saturated heterocycles. The fraction of sp³-hybridized carbons (Fsp3) is 0.861. The highest BCUT2D eigenvalue weighted by atomic mass is 16.7. The lowest BCUT2D eigenvalue weighted by molar-refractivity contribution is -0.359. The van der Waals surface area contributed by atoms with E-state index in [1.165, 1.54) is 44.9 Å². The minimum atomic E-state index is -1.78. The summed E-state index contributed by atoms with van der Waals surface area (Å²) in [5, 5.41) is 85.4. The van der Waals surface area contributed by atoms with Crippen molar-refractivity contribution in [1.82, 2.24) is 5.32 Å². The maximum absolute atomic E-state index is 12.7. The van der Waals surface area contributed by atoms with Crippen molar-refractivity contribution < 1.29 is 64.6 Å². The average molecular weight is 720 g/mol. The van der Waals surface area contributed by atoms with Gasteiger partial charge in [-0.25, -0.2) is 0 Å². The summed E-state index contributed by atoms with van der Waals surface area (Å²) in [7, 11) is 0. The lowest BCUT2D eigenvalue weighted by Gasteiger charge is -2.46. The van der Waals surface area contributed by atoms with Crippen molar-refractivity contribution in [3.8, 4) is 0 Å². The molecule has 9 N–H and O–H groups in total. The molecular weight excluding hydrogens is 654 g/mol. The van der Waals surface area contributed by atoms with Crippen LogP contribution in [0.3, 0.4) is 0 Å². The van der Waals surface area contributed by atoms with Gasteiger partial charge in [-0.2, -0.15) is 0 Å². The van der Waals surface area contributed by atoms with Gasteiger partial charge in [-0.1, -0.05) is 89.5 Å². The molecule has 50 heavy (non-hydrogen) atoms. The predicted octanol–water partition coefficient (Wildman–Crippen LogP) is 1.09. The number of unbranched alkanes of at least 4 members (excludes halogenated alkanes) is 10. The number of carbonyl (C=O) groups is 1. The van der Waals surface area contributed by atoms with Crippen LogP contribution in [0.25, 0.3) is 0 Å². The zero-order chi connectivity index (χ0) is 36.9.